The first kappa shape index (κ1) is 16.5. The van der Waals surface area contributed by atoms with Crippen molar-refractivity contribution in [3.05, 3.63) is 29.8 Å². The van der Waals surface area contributed by atoms with Crippen LogP contribution < -0.4 is 16.4 Å². The number of hydrogen-bond donors (Lipinski definition) is 4. The van der Waals surface area contributed by atoms with Crippen LogP contribution in [0.2, 0.25) is 0 Å². The van der Waals surface area contributed by atoms with Gasteiger partial charge in [-0.05, 0) is 56.6 Å². The van der Waals surface area contributed by atoms with Crippen LogP contribution in [0.1, 0.15) is 24.8 Å². The molecule has 0 atom stereocenters. The third kappa shape index (κ3) is 7.76. The Kier molecular flexibility index (Phi) is 8.42. The maximum absolute atomic E-state index is 11.7. The van der Waals surface area contributed by atoms with Crippen molar-refractivity contribution in [2.45, 2.75) is 25.7 Å². The first-order valence-corrected chi connectivity index (χ1v) is 7.18. The van der Waals surface area contributed by atoms with Crippen molar-refractivity contribution in [3.63, 3.8) is 0 Å². The van der Waals surface area contributed by atoms with E-state index < -0.39 is 0 Å². The fourth-order valence-electron chi connectivity index (χ4n) is 1.82. The number of carbonyl (C=O) groups is 1. The van der Waals surface area contributed by atoms with Crippen LogP contribution in [0.25, 0.3) is 0 Å². The molecule has 0 aliphatic rings. The molecule has 1 aromatic rings. The molecular formula is C15H25N3O2. The third-order valence-corrected chi connectivity index (χ3v) is 2.96. The molecule has 0 radical (unpaired) electrons. The lowest BCUT2D eigenvalue weighted by atomic mass is 10.1. The van der Waals surface area contributed by atoms with E-state index in [-0.39, 0.29) is 11.7 Å². The van der Waals surface area contributed by atoms with Crippen LogP contribution in [0.15, 0.2) is 24.3 Å². The van der Waals surface area contributed by atoms with E-state index in [4.69, 9.17) is 10.8 Å². The second kappa shape index (κ2) is 10.2. The van der Waals surface area contributed by atoms with Gasteiger partial charge in [-0.25, -0.2) is 0 Å². The smallest absolute Gasteiger partial charge is 0.224 e. The van der Waals surface area contributed by atoms with E-state index in [1.165, 1.54) is 0 Å². The predicted molar refractivity (Wildman–Crippen MR) is 80.6 cm³/mol. The van der Waals surface area contributed by atoms with Gasteiger partial charge in [-0.15, -0.1) is 0 Å². The largest absolute Gasteiger partial charge is 0.508 e. The number of hydrogen-bond acceptors (Lipinski definition) is 4. The Morgan fingerprint density at radius 2 is 1.75 bits per heavy atom. The summed E-state index contributed by atoms with van der Waals surface area (Å²) in [5.41, 5.74) is 6.31. The van der Waals surface area contributed by atoms with Crippen molar-refractivity contribution in [1.82, 2.24) is 10.6 Å². The Morgan fingerprint density at radius 3 is 2.45 bits per heavy atom. The Labute approximate surface area is 120 Å². The molecule has 0 spiro atoms. The molecule has 112 valence electrons. The molecule has 0 saturated heterocycles. The molecule has 0 unspecified atom stereocenters. The topological polar surface area (TPSA) is 87.4 Å². The second-order valence-corrected chi connectivity index (χ2v) is 4.79. The summed E-state index contributed by atoms with van der Waals surface area (Å²) in [5, 5.41) is 15.4. The molecule has 0 aliphatic heterocycles. The molecule has 0 saturated carbocycles. The first-order valence-electron chi connectivity index (χ1n) is 7.18. The number of phenols is 1. The highest BCUT2D eigenvalue weighted by Gasteiger charge is 2.02. The van der Waals surface area contributed by atoms with Gasteiger partial charge >= 0.3 is 0 Å². The lowest BCUT2D eigenvalue weighted by molar-refractivity contribution is -0.120. The normalized spacial score (nSPS) is 10.4. The summed E-state index contributed by atoms with van der Waals surface area (Å²) >= 11 is 0. The van der Waals surface area contributed by atoms with E-state index in [1.54, 1.807) is 24.3 Å². The maximum atomic E-state index is 11.7. The number of phenolic OH excluding ortho intramolecular Hbond substituents is 1. The van der Waals surface area contributed by atoms with E-state index in [0.29, 0.717) is 13.0 Å². The standard InChI is InChI=1S/C15H25N3O2/c16-8-1-2-9-17-10-3-11-18-15(20)12-13-4-6-14(19)7-5-13/h4-7,17,19H,1-3,8-12,16H2,(H,18,20). The number of nitrogens with two attached hydrogens (primary N) is 1. The SMILES string of the molecule is NCCCCNCCCNC(=O)Cc1ccc(O)cc1. The lowest BCUT2D eigenvalue weighted by Gasteiger charge is -2.06. The molecule has 0 fully saturated rings. The number of nitrogens with one attached hydrogen (secondary N) is 2. The van der Waals surface area contributed by atoms with Crippen LogP contribution >= 0.6 is 0 Å². The second-order valence-electron chi connectivity index (χ2n) is 4.79. The van der Waals surface area contributed by atoms with Gasteiger partial charge in [0.05, 0.1) is 6.42 Å². The zero-order valence-corrected chi connectivity index (χ0v) is 11.9. The average Bonchev–Trinajstić information content (AvgIpc) is 2.44. The predicted octanol–water partition coefficient (Wildman–Crippen LogP) is 0.770. The molecule has 1 rings (SSSR count). The summed E-state index contributed by atoms with van der Waals surface area (Å²) in [6.45, 7) is 3.32. The minimum atomic E-state index is 0.0128. The van der Waals surface area contributed by atoms with Crippen molar-refractivity contribution >= 4 is 5.91 Å². The van der Waals surface area contributed by atoms with Gasteiger partial charge < -0.3 is 21.5 Å². The summed E-state index contributed by atoms with van der Waals surface area (Å²) in [7, 11) is 0. The molecule has 20 heavy (non-hydrogen) atoms. The minimum Gasteiger partial charge on any atom is -0.508 e. The highest BCUT2D eigenvalue weighted by molar-refractivity contribution is 5.78. The lowest BCUT2D eigenvalue weighted by Crippen LogP contribution is -2.28. The van der Waals surface area contributed by atoms with E-state index in [0.717, 1.165) is 44.5 Å². The number of unbranched alkanes of at least 4 members (excludes halogenated alkanes) is 1. The number of carbonyl (C=O) groups excluding carboxylic acids is 1. The van der Waals surface area contributed by atoms with E-state index in [9.17, 15) is 4.79 Å². The van der Waals surface area contributed by atoms with Crippen LogP contribution in [0.4, 0.5) is 0 Å². The van der Waals surface area contributed by atoms with Gasteiger partial charge in [0.1, 0.15) is 5.75 Å². The molecule has 0 aromatic heterocycles. The van der Waals surface area contributed by atoms with Crippen molar-refractivity contribution in [3.8, 4) is 5.75 Å². The minimum absolute atomic E-state index is 0.0128. The molecular weight excluding hydrogens is 254 g/mol. The van der Waals surface area contributed by atoms with Gasteiger partial charge in [-0.1, -0.05) is 12.1 Å². The van der Waals surface area contributed by atoms with Crippen LogP contribution in [-0.4, -0.2) is 37.2 Å². The summed E-state index contributed by atoms with van der Waals surface area (Å²) < 4.78 is 0. The zero-order valence-electron chi connectivity index (χ0n) is 11.9. The van der Waals surface area contributed by atoms with Crippen molar-refractivity contribution in [2.75, 3.05) is 26.2 Å². The van der Waals surface area contributed by atoms with Crippen LogP contribution in [0, 0.1) is 0 Å². The summed E-state index contributed by atoms with van der Waals surface area (Å²) in [6, 6.07) is 6.70. The highest BCUT2D eigenvalue weighted by atomic mass is 16.3. The Hall–Kier alpha value is -1.59. The number of rotatable bonds is 10. The number of benzene rings is 1. The molecule has 0 heterocycles. The number of aromatic hydroxyl groups is 1. The third-order valence-electron chi connectivity index (χ3n) is 2.96. The molecule has 0 aliphatic carbocycles. The Balaban J connectivity index is 2.01. The summed E-state index contributed by atoms with van der Waals surface area (Å²) in [4.78, 5) is 11.7. The van der Waals surface area contributed by atoms with Crippen molar-refractivity contribution < 1.29 is 9.90 Å². The summed E-state index contributed by atoms with van der Waals surface area (Å²) in [6.07, 6.45) is 3.42. The van der Waals surface area contributed by atoms with Gasteiger partial charge in [0.2, 0.25) is 5.91 Å². The van der Waals surface area contributed by atoms with Gasteiger partial charge in [-0.3, -0.25) is 4.79 Å². The maximum Gasteiger partial charge on any atom is 0.224 e. The zero-order chi connectivity index (χ0) is 14.6. The summed E-state index contributed by atoms with van der Waals surface area (Å²) in [5.74, 6) is 0.230. The van der Waals surface area contributed by atoms with Gasteiger partial charge in [-0.2, -0.15) is 0 Å². The quantitative estimate of drug-likeness (QED) is 0.476. The molecule has 1 amide bonds. The van der Waals surface area contributed by atoms with Gasteiger partial charge in [0.15, 0.2) is 0 Å². The fourth-order valence-corrected chi connectivity index (χ4v) is 1.82. The molecule has 5 N–H and O–H groups in total. The van der Waals surface area contributed by atoms with E-state index in [2.05, 4.69) is 10.6 Å². The highest BCUT2D eigenvalue weighted by Crippen LogP contribution is 2.09. The van der Waals surface area contributed by atoms with Crippen molar-refractivity contribution in [2.24, 2.45) is 5.73 Å². The Bertz CT molecular complexity index is 379. The number of amides is 1. The van der Waals surface area contributed by atoms with Gasteiger partial charge in [0, 0.05) is 6.54 Å². The van der Waals surface area contributed by atoms with Crippen molar-refractivity contribution in [1.29, 1.82) is 0 Å². The monoisotopic (exact) mass is 279 g/mol. The van der Waals surface area contributed by atoms with E-state index in [1.807, 2.05) is 0 Å². The molecule has 5 heteroatoms. The van der Waals surface area contributed by atoms with Crippen LogP contribution in [-0.2, 0) is 11.2 Å². The van der Waals surface area contributed by atoms with Gasteiger partial charge in [0.25, 0.3) is 0 Å². The van der Waals surface area contributed by atoms with E-state index >= 15 is 0 Å². The first-order chi connectivity index (χ1) is 9.72. The van der Waals surface area contributed by atoms with Crippen LogP contribution in [0.3, 0.4) is 0 Å². The average molecular weight is 279 g/mol. The molecule has 1 aromatic carbocycles. The molecule has 0 bridgehead atoms. The molecule has 5 nitrogen and oxygen atoms in total. The fraction of sp³-hybridized carbons (Fsp3) is 0.533. The Morgan fingerprint density at radius 1 is 1.05 bits per heavy atom. The van der Waals surface area contributed by atoms with Crippen LogP contribution in [0.5, 0.6) is 5.75 Å².